The highest BCUT2D eigenvalue weighted by molar-refractivity contribution is 5.92. The minimum absolute atomic E-state index is 0.000497. The van der Waals surface area contributed by atoms with Crippen molar-refractivity contribution in [3.05, 3.63) is 76.4 Å². The molecular weight excluding hydrogens is 360 g/mol. The van der Waals surface area contributed by atoms with Crippen LogP contribution in [0.3, 0.4) is 0 Å². The fourth-order valence-corrected chi connectivity index (χ4v) is 3.12. The molecule has 28 heavy (non-hydrogen) atoms. The maximum Gasteiger partial charge on any atom is 0.269 e. The molecule has 1 aliphatic heterocycles. The van der Waals surface area contributed by atoms with Crippen LogP contribution in [0.2, 0.25) is 0 Å². The molecule has 0 aromatic heterocycles. The van der Waals surface area contributed by atoms with Crippen LogP contribution in [0, 0.1) is 10.1 Å². The van der Waals surface area contributed by atoms with Crippen molar-refractivity contribution in [2.75, 3.05) is 13.2 Å². The average molecular weight is 382 g/mol. The van der Waals surface area contributed by atoms with Gasteiger partial charge in [-0.25, -0.2) is 0 Å². The van der Waals surface area contributed by atoms with Crippen LogP contribution in [-0.4, -0.2) is 40.7 Å². The van der Waals surface area contributed by atoms with Crippen molar-refractivity contribution in [2.45, 2.75) is 25.6 Å². The molecule has 0 radical (unpaired) electrons. The molecule has 0 spiro atoms. The lowest BCUT2D eigenvalue weighted by atomic mass is 10.1. The molecule has 0 saturated carbocycles. The van der Waals surface area contributed by atoms with Crippen LogP contribution < -0.4 is 4.74 Å². The second kappa shape index (κ2) is 8.22. The van der Waals surface area contributed by atoms with Crippen molar-refractivity contribution >= 4 is 17.7 Å². The van der Waals surface area contributed by atoms with Crippen LogP contribution in [0.4, 0.5) is 5.69 Å². The number of non-ortho nitro benzene ring substituents is 1. The Morgan fingerprint density at radius 3 is 2.57 bits per heavy atom. The predicted molar refractivity (Wildman–Crippen MR) is 105 cm³/mol. The molecule has 1 saturated heterocycles. The Balaban J connectivity index is 1.67. The van der Waals surface area contributed by atoms with Gasteiger partial charge in [0.05, 0.1) is 17.6 Å². The van der Waals surface area contributed by atoms with E-state index in [0.717, 1.165) is 5.56 Å². The zero-order valence-corrected chi connectivity index (χ0v) is 15.8. The van der Waals surface area contributed by atoms with Crippen LogP contribution in [0.25, 0.3) is 6.08 Å². The van der Waals surface area contributed by atoms with Gasteiger partial charge in [-0.2, -0.15) is 0 Å². The number of carbonyl (C=O) groups excluding carboxylic acids is 1. The lowest BCUT2D eigenvalue weighted by Crippen LogP contribution is -2.49. The van der Waals surface area contributed by atoms with Gasteiger partial charge >= 0.3 is 0 Å². The number of nitro benzene ring substituents is 1. The Hall–Kier alpha value is -3.19. The SMILES string of the molecule is CC1(C)OC[C@@H](COc2ccc([N+](=O)[O-])cc2)N1C(=O)/C=C/c1ccccc1. The Morgan fingerprint density at radius 1 is 1.25 bits per heavy atom. The molecule has 1 heterocycles. The van der Waals surface area contributed by atoms with Crippen LogP contribution in [0.1, 0.15) is 19.4 Å². The molecule has 2 aromatic carbocycles. The lowest BCUT2D eigenvalue weighted by Gasteiger charge is -2.32. The second-order valence-electron chi connectivity index (χ2n) is 6.93. The Morgan fingerprint density at radius 2 is 1.93 bits per heavy atom. The van der Waals surface area contributed by atoms with Crippen molar-refractivity contribution in [1.29, 1.82) is 0 Å². The van der Waals surface area contributed by atoms with Gasteiger partial charge in [-0.15, -0.1) is 0 Å². The third-order valence-electron chi connectivity index (χ3n) is 4.52. The number of amides is 1. The summed E-state index contributed by atoms with van der Waals surface area (Å²) < 4.78 is 11.5. The molecule has 0 unspecified atom stereocenters. The molecule has 3 rings (SSSR count). The molecule has 1 atom stereocenters. The monoisotopic (exact) mass is 382 g/mol. The van der Waals surface area contributed by atoms with E-state index in [0.29, 0.717) is 12.4 Å². The highest BCUT2D eigenvalue weighted by Gasteiger charge is 2.43. The van der Waals surface area contributed by atoms with E-state index in [1.54, 1.807) is 23.1 Å². The van der Waals surface area contributed by atoms with Crippen LogP contribution in [0.5, 0.6) is 5.75 Å². The van der Waals surface area contributed by atoms with Crippen LogP contribution >= 0.6 is 0 Å². The first-order valence-electron chi connectivity index (χ1n) is 8.94. The van der Waals surface area contributed by atoms with Crippen molar-refractivity contribution in [3.63, 3.8) is 0 Å². The number of ether oxygens (including phenoxy) is 2. The average Bonchev–Trinajstić information content (AvgIpc) is 3.00. The maximum absolute atomic E-state index is 12.8. The van der Waals surface area contributed by atoms with Gasteiger partial charge in [0.25, 0.3) is 5.69 Å². The van der Waals surface area contributed by atoms with Gasteiger partial charge in [0.2, 0.25) is 5.91 Å². The summed E-state index contributed by atoms with van der Waals surface area (Å²) in [6.07, 6.45) is 3.30. The van der Waals surface area contributed by atoms with E-state index in [-0.39, 0.29) is 24.2 Å². The largest absolute Gasteiger partial charge is 0.491 e. The van der Waals surface area contributed by atoms with Gasteiger partial charge in [-0.05, 0) is 37.6 Å². The molecule has 7 heteroatoms. The number of nitrogens with zero attached hydrogens (tertiary/aromatic N) is 2. The first kappa shape index (κ1) is 19.6. The number of rotatable bonds is 6. The molecule has 0 aliphatic carbocycles. The van der Waals surface area contributed by atoms with Gasteiger partial charge in [0.15, 0.2) is 0 Å². The van der Waals surface area contributed by atoms with E-state index in [1.165, 1.54) is 18.2 Å². The number of nitro groups is 1. The Labute approximate surface area is 163 Å². The second-order valence-corrected chi connectivity index (χ2v) is 6.93. The molecule has 1 amide bonds. The van der Waals surface area contributed by atoms with E-state index in [9.17, 15) is 14.9 Å². The van der Waals surface area contributed by atoms with Crippen molar-refractivity contribution in [1.82, 2.24) is 4.90 Å². The third kappa shape index (κ3) is 4.55. The fraction of sp³-hybridized carbons (Fsp3) is 0.286. The highest BCUT2D eigenvalue weighted by Crippen LogP contribution is 2.28. The van der Waals surface area contributed by atoms with Gasteiger partial charge < -0.3 is 14.4 Å². The molecule has 146 valence electrons. The summed E-state index contributed by atoms with van der Waals surface area (Å²) in [6.45, 7) is 4.26. The van der Waals surface area contributed by atoms with Gasteiger partial charge in [-0.3, -0.25) is 14.9 Å². The van der Waals surface area contributed by atoms with E-state index in [4.69, 9.17) is 9.47 Å². The molecule has 2 aromatic rings. The van der Waals surface area contributed by atoms with E-state index in [1.807, 2.05) is 44.2 Å². The van der Waals surface area contributed by atoms with Crippen LogP contribution in [-0.2, 0) is 9.53 Å². The summed E-state index contributed by atoms with van der Waals surface area (Å²) in [7, 11) is 0. The first-order valence-corrected chi connectivity index (χ1v) is 8.94. The van der Waals surface area contributed by atoms with Crippen molar-refractivity contribution < 1.29 is 19.2 Å². The summed E-state index contributed by atoms with van der Waals surface area (Å²) in [6, 6.07) is 15.2. The summed E-state index contributed by atoms with van der Waals surface area (Å²) >= 11 is 0. The number of carbonyl (C=O) groups is 1. The van der Waals surface area contributed by atoms with E-state index < -0.39 is 10.6 Å². The van der Waals surface area contributed by atoms with Gasteiger partial charge in [0.1, 0.15) is 18.1 Å². The molecule has 0 bridgehead atoms. The minimum atomic E-state index is -0.748. The third-order valence-corrected chi connectivity index (χ3v) is 4.52. The number of hydrogen-bond donors (Lipinski definition) is 0. The minimum Gasteiger partial charge on any atom is -0.491 e. The predicted octanol–water partition coefficient (Wildman–Crippen LogP) is 3.65. The van der Waals surface area contributed by atoms with E-state index in [2.05, 4.69) is 0 Å². The lowest BCUT2D eigenvalue weighted by molar-refractivity contribution is -0.384. The summed E-state index contributed by atoms with van der Waals surface area (Å²) in [5.74, 6) is 0.339. The van der Waals surface area contributed by atoms with Crippen LogP contribution in [0.15, 0.2) is 60.7 Å². The van der Waals surface area contributed by atoms with Gasteiger partial charge in [0, 0.05) is 18.2 Å². The normalized spacial score (nSPS) is 18.4. The van der Waals surface area contributed by atoms with Gasteiger partial charge in [-0.1, -0.05) is 30.3 Å². The number of benzene rings is 2. The standard InChI is InChI=1S/C21H22N2O5/c1-21(2)22(20(24)13-8-16-6-4-3-5-7-16)18(15-28-21)14-27-19-11-9-17(10-12-19)23(25)26/h3-13,18H,14-15H2,1-2H3/b13-8+/t18-/m1/s1. The molecule has 1 aliphatic rings. The topological polar surface area (TPSA) is 81.9 Å². The summed E-state index contributed by atoms with van der Waals surface area (Å²) in [5.41, 5.74) is 0.190. The molecular formula is C21H22N2O5. The maximum atomic E-state index is 12.8. The zero-order chi connectivity index (χ0) is 20.1. The highest BCUT2D eigenvalue weighted by atomic mass is 16.6. The molecule has 1 fully saturated rings. The Bertz CT molecular complexity index is 862. The quantitative estimate of drug-likeness (QED) is 0.433. The Kier molecular flexibility index (Phi) is 5.75. The fourth-order valence-electron chi connectivity index (χ4n) is 3.12. The van der Waals surface area contributed by atoms with E-state index >= 15 is 0 Å². The summed E-state index contributed by atoms with van der Waals surface area (Å²) in [4.78, 5) is 24.7. The molecule has 7 nitrogen and oxygen atoms in total. The first-order chi connectivity index (χ1) is 13.4. The zero-order valence-electron chi connectivity index (χ0n) is 15.8. The molecule has 0 N–H and O–H groups in total. The smallest absolute Gasteiger partial charge is 0.269 e. The van der Waals surface area contributed by atoms with Crippen molar-refractivity contribution in [2.24, 2.45) is 0 Å². The van der Waals surface area contributed by atoms with Crippen molar-refractivity contribution in [3.8, 4) is 5.75 Å². The number of hydrogen-bond acceptors (Lipinski definition) is 5. The summed E-state index contributed by atoms with van der Waals surface area (Å²) in [5, 5.41) is 10.7.